The molecule has 0 aliphatic carbocycles. The van der Waals surface area contributed by atoms with Crippen molar-refractivity contribution in [2.24, 2.45) is 0 Å². The van der Waals surface area contributed by atoms with Crippen LogP contribution in [0.2, 0.25) is 0 Å². The van der Waals surface area contributed by atoms with E-state index in [0.717, 1.165) is 25.2 Å². The van der Waals surface area contributed by atoms with E-state index in [0.29, 0.717) is 0 Å². The van der Waals surface area contributed by atoms with Crippen LogP contribution in [0.25, 0.3) is 0 Å². The van der Waals surface area contributed by atoms with Gasteiger partial charge in [0.15, 0.2) is 0 Å². The summed E-state index contributed by atoms with van der Waals surface area (Å²) in [6.07, 6.45) is 4.94. The molecule has 1 heterocycles. The van der Waals surface area contributed by atoms with Gasteiger partial charge in [-0.3, -0.25) is 4.98 Å². The van der Waals surface area contributed by atoms with E-state index in [4.69, 9.17) is 5.73 Å². The summed E-state index contributed by atoms with van der Waals surface area (Å²) in [7, 11) is 0. The van der Waals surface area contributed by atoms with E-state index in [1.54, 1.807) is 0 Å². The fraction of sp³-hybridized carbons (Fsp3) is 0.312. The highest BCUT2D eigenvalue weighted by Crippen LogP contribution is 2.19. The van der Waals surface area contributed by atoms with Gasteiger partial charge in [-0.1, -0.05) is 13.0 Å². The molecule has 0 bridgehead atoms. The molecule has 1 aromatic carbocycles. The number of benzene rings is 1. The van der Waals surface area contributed by atoms with E-state index >= 15 is 0 Å². The largest absolute Gasteiger partial charge is 0.399 e. The average molecular weight is 255 g/mol. The number of anilines is 2. The fourth-order valence-electron chi connectivity index (χ4n) is 2.18. The Morgan fingerprint density at radius 1 is 1.16 bits per heavy atom. The first kappa shape index (κ1) is 13.4. The summed E-state index contributed by atoms with van der Waals surface area (Å²) in [4.78, 5) is 6.62. The lowest BCUT2D eigenvalue weighted by atomic mass is 10.2. The van der Waals surface area contributed by atoms with Crippen LogP contribution in [-0.2, 0) is 6.54 Å². The zero-order valence-electron chi connectivity index (χ0n) is 11.6. The van der Waals surface area contributed by atoms with E-state index in [9.17, 15) is 0 Å². The van der Waals surface area contributed by atoms with Crippen LogP contribution >= 0.6 is 0 Å². The van der Waals surface area contributed by atoms with Gasteiger partial charge < -0.3 is 10.6 Å². The molecule has 2 N–H and O–H groups in total. The third kappa shape index (κ3) is 3.71. The van der Waals surface area contributed by atoms with Gasteiger partial charge in [-0.15, -0.1) is 0 Å². The zero-order chi connectivity index (χ0) is 13.7. The second kappa shape index (κ2) is 6.23. The molecule has 2 aromatic rings. The third-order valence-electron chi connectivity index (χ3n) is 3.06. The molecule has 0 aliphatic rings. The van der Waals surface area contributed by atoms with Gasteiger partial charge in [-0.2, -0.15) is 0 Å². The van der Waals surface area contributed by atoms with Gasteiger partial charge >= 0.3 is 0 Å². The summed E-state index contributed by atoms with van der Waals surface area (Å²) in [6, 6.07) is 10.2. The Balaban J connectivity index is 2.18. The van der Waals surface area contributed by atoms with Gasteiger partial charge in [-0.25, -0.2) is 0 Å². The van der Waals surface area contributed by atoms with E-state index in [-0.39, 0.29) is 0 Å². The Bertz CT molecular complexity index is 520. The monoisotopic (exact) mass is 255 g/mol. The molecule has 0 saturated carbocycles. The first-order chi connectivity index (χ1) is 9.19. The molecule has 0 spiro atoms. The van der Waals surface area contributed by atoms with Crippen molar-refractivity contribution >= 4 is 11.4 Å². The molecular formula is C16H21N3. The highest BCUT2D eigenvalue weighted by molar-refractivity contribution is 5.53. The molecule has 3 heteroatoms. The Morgan fingerprint density at radius 2 is 1.89 bits per heavy atom. The molecule has 0 unspecified atom stereocenters. The smallest absolute Gasteiger partial charge is 0.0444 e. The summed E-state index contributed by atoms with van der Waals surface area (Å²) >= 11 is 0. The molecule has 1 aromatic heterocycles. The maximum atomic E-state index is 5.74. The zero-order valence-corrected chi connectivity index (χ0v) is 11.6. The lowest BCUT2D eigenvalue weighted by molar-refractivity contribution is 0.765. The number of rotatable bonds is 5. The van der Waals surface area contributed by atoms with E-state index < -0.39 is 0 Å². The molecule has 100 valence electrons. The molecule has 0 fully saturated rings. The summed E-state index contributed by atoms with van der Waals surface area (Å²) in [5.41, 5.74) is 10.2. The Labute approximate surface area is 115 Å². The SMILES string of the molecule is CCCN(Cc1cncc(C)c1)c1ccc(N)cc1. The highest BCUT2D eigenvalue weighted by Gasteiger charge is 2.06. The maximum absolute atomic E-state index is 5.74. The van der Waals surface area contributed by atoms with Gasteiger partial charge in [0.2, 0.25) is 0 Å². The van der Waals surface area contributed by atoms with Crippen molar-refractivity contribution < 1.29 is 0 Å². The van der Waals surface area contributed by atoms with Gasteiger partial charge in [0, 0.05) is 36.9 Å². The molecule has 3 nitrogen and oxygen atoms in total. The molecule has 19 heavy (non-hydrogen) atoms. The van der Waals surface area contributed by atoms with Crippen molar-refractivity contribution in [3.05, 3.63) is 53.9 Å². The Hall–Kier alpha value is -2.03. The molecule has 0 radical (unpaired) electrons. The van der Waals surface area contributed by atoms with Crippen molar-refractivity contribution in [2.75, 3.05) is 17.2 Å². The number of aryl methyl sites for hydroxylation is 1. The number of nitrogens with two attached hydrogens (primary N) is 1. The standard InChI is InChI=1S/C16H21N3/c1-3-8-19(16-6-4-15(17)5-7-16)12-14-9-13(2)10-18-11-14/h4-7,9-11H,3,8,12,17H2,1-2H3. The van der Waals surface area contributed by atoms with Crippen molar-refractivity contribution in [1.29, 1.82) is 0 Å². The van der Waals surface area contributed by atoms with Crippen molar-refractivity contribution in [3.63, 3.8) is 0 Å². The second-order valence-electron chi connectivity index (χ2n) is 4.88. The molecule has 0 aliphatic heterocycles. The fourth-order valence-corrected chi connectivity index (χ4v) is 2.18. The maximum Gasteiger partial charge on any atom is 0.0444 e. The highest BCUT2D eigenvalue weighted by atomic mass is 15.1. The first-order valence-corrected chi connectivity index (χ1v) is 6.70. The lowest BCUT2D eigenvalue weighted by Gasteiger charge is -2.24. The normalized spacial score (nSPS) is 10.4. The average Bonchev–Trinajstić information content (AvgIpc) is 2.39. The van der Waals surface area contributed by atoms with Crippen LogP contribution in [0.4, 0.5) is 11.4 Å². The van der Waals surface area contributed by atoms with Crippen LogP contribution in [0.3, 0.4) is 0 Å². The molecule has 2 rings (SSSR count). The number of hydrogen-bond donors (Lipinski definition) is 1. The number of pyridine rings is 1. The number of hydrogen-bond acceptors (Lipinski definition) is 3. The molecule has 0 atom stereocenters. The predicted molar refractivity (Wildman–Crippen MR) is 81.2 cm³/mol. The quantitative estimate of drug-likeness (QED) is 0.833. The summed E-state index contributed by atoms with van der Waals surface area (Å²) < 4.78 is 0. The van der Waals surface area contributed by atoms with Crippen LogP contribution < -0.4 is 10.6 Å². The Morgan fingerprint density at radius 3 is 2.53 bits per heavy atom. The number of nitrogens with zero attached hydrogens (tertiary/aromatic N) is 2. The molecule has 0 amide bonds. The van der Waals surface area contributed by atoms with Crippen LogP contribution in [0, 0.1) is 6.92 Å². The summed E-state index contributed by atoms with van der Waals surface area (Å²) in [6.45, 7) is 6.17. The van der Waals surface area contributed by atoms with Gasteiger partial charge in [0.1, 0.15) is 0 Å². The molecular weight excluding hydrogens is 234 g/mol. The van der Waals surface area contributed by atoms with Crippen LogP contribution in [-0.4, -0.2) is 11.5 Å². The predicted octanol–water partition coefficient (Wildman–Crippen LogP) is 3.39. The number of aromatic nitrogens is 1. The molecule has 0 saturated heterocycles. The Kier molecular flexibility index (Phi) is 4.39. The summed E-state index contributed by atoms with van der Waals surface area (Å²) in [5.74, 6) is 0. The lowest BCUT2D eigenvalue weighted by Crippen LogP contribution is -2.23. The van der Waals surface area contributed by atoms with E-state index in [1.165, 1.54) is 16.8 Å². The number of nitrogen functional groups attached to an aromatic ring is 1. The third-order valence-corrected chi connectivity index (χ3v) is 3.06. The van der Waals surface area contributed by atoms with Crippen LogP contribution in [0.1, 0.15) is 24.5 Å². The van der Waals surface area contributed by atoms with E-state index in [2.05, 4.69) is 41.9 Å². The van der Waals surface area contributed by atoms with Gasteiger partial charge in [0.25, 0.3) is 0 Å². The van der Waals surface area contributed by atoms with Crippen molar-refractivity contribution in [3.8, 4) is 0 Å². The topological polar surface area (TPSA) is 42.2 Å². The minimum absolute atomic E-state index is 0.803. The second-order valence-corrected chi connectivity index (χ2v) is 4.88. The van der Waals surface area contributed by atoms with Crippen molar-refractivity contribution in [1.82, 2.24) is 4.98 Å². The minimum Gasteiger partial charge on any atom is -0.399 e. The van der Waals surface area contributed by atoms with Gasteiger partial charge in [0.05, 0.1) is 0 Å². The van der Waals surface area contributed by atoms with Gasteiger partial charge in [-0.05, 0) is 48.7 Å². The minimum atomic E-state index is 0.803. The van der Waals surface area contributed by atoms with Crippen molar-refractivity contribution in [2.45, 2.75) is 26.8 Å². The van der Waals surface area contributed by atoms with E-state index in [1.807, 2.05) is 24.5 Å². The van der Waals surface area contributed by atoms with Crippen LogP contribution in [0.15, 0.2) is 42.7 Å². The summed E-state index contributed by atoms with van der Waals surface area (Å²) in [5, 5.41) is 0. The first-order valence-electron chi connectivity index (χ1n) is 6.70. The van der Waals surface area contributed by atoms with Crippen LogP contribution in [0.5, 0.6) is 0 Å².